The molecular formula is C18H21FN4O2. The molecule has 0 aliphatic rings. The Morgan fingerprint density at radius 2 is 2.04 bits per heavy atom. The van der Waals surface area contributed by atoms with Crippen LogP contribution in [0.5, 0.6) is 11.6 Å². The molecule has 1 N–H and O–H groups in total. The second-order valence-electron chi connectivity index (χ2n) is 5.33. The lowest BCUT2D eigenvalue weighted by molar-refractivity contribution is 0.223. The molecule has 25 heavy (non-hydrogen) atoms. The molecule has 6 nitrogen and oxygen atoms in total. The highest BCUT2D eigenvalue weighted by molar-refractivity contribution is 5.89. The van der Waals surface area contributed by atoms with Crippen molar-refractivity contribution in [3.05, 3.63) is 54.8 Å². The van der Waals surface area contributed by atoms with Gasteiger partial charge in [0.25, 0.3) is 0 Å². The van der Waals surface area contributed by atoms with Gasteiger partial charge in [-0.25, -0.2) is 14.8 Å². The molecule has 0 spiro atoms. The Morgan fingerprint density at radius 1 is 1.28 bits per heavy atom. The van der Waals surface area contributed by atoms with E-state index in [0.717, 1.165) is 25.2 Å². The second-order valence-corrected chi connectivity index (χ2v) is 5.33. The SMILES string of the molecule is CCC=CCCN(C)C(=O)Nc1ccc(Oc2cc(F)ncn2)cc1. The minimum atomic E-state index is -0.661. The molecular weight excluding hydrogens is 323 g/mol. The molecule has 0 atom stereocenters. The summed E-state index contributed by atoms with van der Waals surface area (Å²) in [6.07, 6.45) is 7.04. The molecule has 1 heterocycles. The number of rotatable bonds is 7. The Labute approximate surface area is 146 Å². The summed E-state index contributed by atoms with van der Waals surface area (Å²) in [6.45, 7) is 2.71. The number of carbonyl (C=O) groups is 1. The third-order valence-corrected chi connectivity index (χ3v) is 3.32. The van der Waals surface area contributed by atoms with E-state index >= 15 is 0 Å². The van der Waals surface area contributed by atoms with E-state index in [0.29, 0.717) is 18.0 Å². The van der Waals surface area contributed by atoms with E-state index in [2.05, 4.69) is 34.4 Å². The average molecular weight is 344 g/mol. The van der Waals surface area contributed by atoms with Gasteiger partial charge < -0.3 is 15.0 Å². The normalized spacial score (nSPS) is 10.7. The van der Waals surface area contributed by atoms with E-state index in [1.807, 2.05) is 0 Å². The number of aromatic nitrogens is 2. The number of benzene rings is 1. The van der Waals surface area contributed by atoms with Gasteiger partial charge in [0, 0.05) is 19.3 Å². The molecule has 0 bridgehead atoms. The van der Waals surface area contributed by atoms with Crippen molar-refractivity contribution in [2.45, 2.75) is 19.8 Å². The number of hydrogen-bond acceptors (Lipinski definition) is 4. The molecule has 1 aromatic carbocycles. The van der Waals surface area contributed by atoms with Crippen LogP contribution < -0.4 is 10.1 Å². The number of carbonyl (C=O) groups excluding carboxylic acids is 1. The summed E-state index contributed by atoms with van der Waals surface area (Å²) in [5, 5.41) is 2.80. The number of ether oxygens (including phenoxy) is 1. The van der Waals surface area contributed by atoms with Gasteiger partial charge in [-0.1, -0.05) is 19.1 Å². The summed E-state index contributed by atoms with van der Waals surface area (Å²) in [7, 11) is 1.75. The largest absolute Gasteiger partial charge is 0.439 e. The Morgan fingerprint density at radius 3 is 2.72 bits per heavy atom. The van der Waals surface area contributed by atoms with Crippen LogP contribution in [0.15, 0.2) is 48.8 Å². The zero-order valence-electron chi connectivity index (χ0n) is 14.3. The molecule has 0 fully saturated rings. The van der Waals surface area contributed by atoms with Crippen LogP contribution in [0.1, 0.15) is 19.8 Å². The smallest absolute Gasteiger partial charge is 0.321 e. The number of urea groups is 1. The van der Waals surface area contributed by atoms with Gasteiger partial charge in [-0.3, -0.25) is 0 Å². The monoisotopic (exact) mass is 344 g/mol. The van der Waals surface area contributed by atoms with E-state index < -0.39 is 5.95 Å². The maximum Gasteiger partial charge on any atom is 0.321 e. The van der Waals surface area contributed by atoms with Crippen molar-refractivity contribution in [3.8, 4) is 11.6 Å². The fourth-order valence-electron chi connectivity index (χ4n) is 1.97. The predicted molar refractivity (Wildman–Crippen MR) is 94.2 cm³/mol. The highest BCUT2D eigenvalue weighted by Gasteiger charge is 2.08. The molecule has 132 valence electrons. The number of anilines is 1. The van der Waals surface area contributed by atoms with Gasteiger partial charge in [-0.2, -0.15) is 4.39 Å². The van der Waals surface area contributed by atoms with Crippen molar-refractivity contribution >= 4 is 11.7 Å². The summed E-state index contributed by atoms with van der Waals surface area (Å²) in [6, 6.07) is 7.65. The van der Waals surface area contributed by atoms with Crippen molar-refractivity contribution < 1.29 is 13.9 Å². The fourth-order valence-corrected chi connectivity index (χ4v) is 1.97. The summed E-state index contributed by atoms with van der Waals surface area (Å²) in [5.74, 6) is -0.0657. The van der Waals surface area contributed by atoms with Crippen molar-refractivity contribution in [2.24, 2.45) is 0 Å². The molecule has 0 aliphatic heterocycles. The highest BCUT2D eigenvalue weighted by atomic mass is 19.1. The number of nitrogens with one attached hydrogen (secondary N) is 1. The van der Waals surface area contributed by atoms with E-state index in [1.54, 1.807) is 36.2 Å². The van der Waals surface area contributed by atoms with Gasteiger partial charge >= 0.3 is 6.03 Å². The molecule has 0 saturated heterocycles. The maximum absolute atomic E-state index is 13.0. The first-order valence-electron chi connectivity index (χ1n) is 8.01. The van der Waals surface area contributed by atoms with E-state index in [-0.39, 0.29) is 11.9 Å². The minimum absolute atomic E-state index is 0.115. The van der Waals surface area contributed by atoms with E-state index in [9.17, 15) is 9.18 Å². The zero-order chi connectivity index (χ0) is 18.1. The Bertz CT molecular complexity index is 719. The lowest BCUT2D eigenvalue weighted by Gasteiger charge is -2.17. The number of allylic oxidation sites excluding steroid dienone is 1. The van der Waals surface area contributed by atoms with Crippen LogP contribution in [0.25, 0.3) is 0 Å². The zero-order valence-corrected chi connectivity index (χ0v) is 14.3. The second kappa shape index (κ2) is 9.36. The van der Waals surface area contributed by atoms with Crippen molar-refractivity contribution in [1.82, 2.24) is 14.9 Å². The van der Waals surface area contributed by atoms with Gasteiger partial charge in [0.05, 0.1) is 6.07 Å². The van der Waals surface area contributed by atoms with Gasteiger partial charge in [-0.15, -0.1) is 0 Å². The van der Waals surface area contributed by atoms with Gasteiger partial charge in [-0.05, 0) is 37.1 Å². The quantitative estimate of drug-likeness (QED) is 0.603. The van der Waals surface area contributed by atoms with Crippen LogP contribution in [0, 0.1) is 5.95 Å². The standard InChI is InChI=1S/C18H21FN4O2/c1-3-4-5-6-11-23(2)18(24)22-14-7-9-15(10-8-14)25-17-12-16(19)20-13-21-17/h4-5,7-10,12-13H,3,6,11H2,1-2H3,(H,22,24). The third-order valence-electron chi connectivity index (χ3n) is 3.32. The molecule has 2 aromatic rings. The molecule has 0 radical (unpaired) electrons. The summed E-state index contributed by atoms with van der Waals surface area (Å²) < 4.78 is 18.4. The number of halogens is 1. The predicted octanol–water partition coefficient (Wildman–Crippen LogP) is 4.23. The first-order chi connectivity index (χ1) is 12.1. The van der Waals surface area contributed by atoms with Crippen LogP contribution >= 0.6 is 0 Å². The lowest BCUT2D eigenvalue weighted by Crippen LogP contribution is -2.31. The molecule has 0 saturated carbocycles. The van der Waals surface area contributed by atoms with Crippen LogP contribution in [-0.2, 0) is 0 Å². The Kier molecular flexibility index (Phi) is 6.88. The first-order valence-corrected chi connectivity index (χ1v) is 8.01. The number of hydrogen-bond donors (Lipinski definition) is 1. The minimum Gasteiger partial charge on any atom is -0.439 e. The number of amides is 2. The van der Waals surface area contributed by atoms with Gasteiger partial charge in [0.15, 0.2) is 0 Å². The Balaban J connectivity index is 1.87. The van der Waals surface area contributed by atoms with Crippen LogP contribution in [0.2, 0.25) is 0 Å². The Hall–Kier alpha value is -2.96. The van der Waals surface area contributed by atoms with Crippen molar-refractivity contribution in [2.75, 3.05) is 18.9 Å². The van der Waals surface area contributed by atoms with Crippen LogP contribution in [0.4, 0.5) is 14.9 Å². The van der Waals surface area contributed by atoms with Crippen LogP contribution in [-0.4, -0.2) is 34.5 Å². The van der Waals surface area contributed by atoms with E-state index in [4.69, 9.17) is 4.74 Å². The molecule has 7 heteroatoms. The van der Waals surface area contributed by atoms with Crippen molar-refractivity contribution in [3.63, 3.8) is 0 Å². The average Bonchev–Trinajstić information content (AvgIpc) is 2.60. The number of nitrogens with zero attached hydrogens (tertiary/aromatic N) is 3. The van der Waals surface area contributed by atoms with Gasteiger partial charge in [0.1, 0.15) is 12.1 Å². The third kappa shape index (κ3) is 6.21. The fraction of sp³-hybridized carbons (Fsp3) is 0.278. The maximum atomic E-state index is 13.0. The first kappa shape index (κ1) is 18.4. The van der Waals surface area contributed by atoms with Gasteiger partial charge in [0.2, 0.25) is 11.8 Å². The molecule has 2 amide bonds. The molecule has 0 aliphatic carbocycles. The highest BCUT2D eigenvalue weighted by Crippen LogP contribution is 2.21. The molecule has 2 rings (SSSR count). The molecule has 1 aromatic heterocycles. The summed E-state index contributed by atoms with van der Waals surface area (Å²) in [4.78, 5) is 20.9. The van der Waals surface area contributed by atoms with Crippen molar-refractivity contribution in [1.29, 1.82) is 0 Å². The van der Waals surface area contributed by atoms with Crippen LogP contribution in [0.3, 0.4) is 0 Å². The lowest BCUT2D eigenvalue weighted by atomic mass is 10.3. The summed E-state index contributed by atoms with van der Waals surface area (Å²) in [5.41, 5.74) is 0.641. The van der Waals surface area contributed by atoms with E-state index in [1.165, 1.54) is 0 Å². The topological polar surface area (TPSA) is 67.4 Å². The summed E-state index contributed by atoms with van der Waals surface area (Å²) >= 11 is 0. The molecule has 0 unspecified atom stereocenters.